The molecule has 1 amide bonds. The molecule has 0 aliphatic heterocycles. The second-order valence-electron chi connectivity index (χ2n) is 4.29. The summed E-state index contributed by atoms with van der Waals surface area (Å²) in [5.41, 5.74) is 1.05. The number of halogens is 1. The number of rotatable bonds is 5. The van der Waals surface area contributed by atoms with Crippen LogP contribution in [0, 0.1) is 17.1 Å². The van der Waals surface area contributed by atoms with Gasteiger partial charge in [0.1, 0.15) is 24.6 Å². The van der Waals surface area contributed by atoms with E-state index in [9.17, 15) is 9.18 Å². The van der Waals surface area contributed by atoms with Crippen LogP contribution in [0.4, 0.5) is 10.1 Å². The van der Waals surface area contributed by atoms with Crippen molar-refractivity contribution in [3.05, 3.63) is 59.9 Å². The van der Waals surface area contributed by atoms with Gasteiger partial charge in [0.15, 0.2) is 0 Å². The number of ether oxygens (including phenoxy) is 1. The summed E-state index contributed by atoms with van der Waals surface area (Å²) in [4.78, 5) is 11.2. The van der Waals surface area contributed by atoms with Crippen LogP contribution >= 0.6 is 0 Å². The molecule has 0 radical (unpaired) electrons. The fourth-order valence-electron chi connectivity index (χ4n) is 1.69. The standard InChI is InChI=1S/C16H13FN2O2/c17-15-4-2-1-3-12(15)11-21-14-7-5-13(6-8-14)19-16(20)9-10-18/h1-8H,9,11H2,(H,19,20). The highest BCUT2D eigenvalue weighted by Crippen LogP contribution is 2.18. The Hall–Kier alpha value is -2.87. The highest BCUT2D eigenvalue weighted by Gasteiger charge is 2.03. The molecule has 0 aromatic heterocycles. The van der Waals surface area contributed by atoms with Gasteiger partial charge < -0.3 is 10.1 Å². The molecular formula is C16H13FN2O2. The number of nitrogens with zero attached hydrogens (tertiary/aromatic N) is 1. The summed E-state index contributed by atoms with van der Waals surface area (Å²) in [6, 6.07) is 14.8. The van der Waals surface area contributed by atoms with Crippen LogP contribution in [0.5, 0.6) is 5.75 Å². The van der Waals surface area contributed by atoms with Gasteiger partial charge in [-0.3, -0.25) is 4.79 Å². The molecule has 0 saturated carbocycles. The number of carbonyl (C=O) groups is 1. The third kappa shape index (κ3) is 4.32. The largest absolute Gasteiger partial charge is 0.489 e. The summed E-state index contributed by atoms with van der Waals surface area (Å²) in [5, 5.41) is 11.0. The van der Waals surface area contributed by atoms with Gasteiger partial charge in [-0.25, -0.2) is 4.39 Å². The molecule has 0 aliphatic rings. The van der Waals surface area contributed by atoms with Crippen LogP contribution in [-0.2, 0) is 11.4 Å². The van der Waals surface area contributed by atoms with Crippen molar-refractivity contribution in [2.75, 3.05) is 5.32 Å². The summed E-state index contributed by atoms with van der Waals surface area (Å²) < 4.78 is 18.9. The number of carbonyl (C=O) groups excluding carboxylic acids is 1. The number of nitriles is 1. The van der Waals surface area contributed by atoms with Gasteiger partial charge in [0.05, 0.1) is 6.07 Å². The fourth-order valence-corrected chi connectivity index (χ4v) is 1.69. The van der Waals surface area contributed by atoms with Gasteiger partial charge in [0, 0.05) is 11.3 Å². The van der Waals surface area contributed by atoms with Crippen LogP contribution in [0.25, 0.3) is 0 Å². The molecule has 4 nitrogen and oxygen atoms in total. The highest BCUT2D eigenvalue weighted by atomic mass is 19.1. The summed E-state index contributed by atoms with van der Waals surface area (Å²) in [6.45, 7) is 0.132. The smallest absolute Gasteiger partial charge is 0.238 e. The second-order valence-corrected chi connectivity index (χ2v) is 4.29. The zero-order chi connectivity index (χ0) is 15.1. The van der Waals surface area contributed by atoms with Crippen molar-refractivity contribution in [3.63, 3.8) is 0 Å². The van der Waals surface area contributed by atoms with Crippen LogP contribution in [-0.4, -0.2) is 5.91 Å². The molecule has 2 aromatic carbocycles. The van der Waals surface area contributed by atoms with Gasteiger partial charge in [0.25, 0.3) is 0 Å². The van der Waals surface area contributed by atoms with Crippen LogP contribution < -0.4 is 10.1 Å². The van der Waals surface area contributed by atoms with Crippen molar-refractivity contribution < 1.29 is 13.9 Å². The summed E-state index contributed by atoms with van der Waals surface area (Å²) in [6.07, 6.45) is -0.189. The Balaban J connectivity index is 1.92. The van der Waals surface area contributed by atoms with E-state index in [2.05, 4.69) is 5.32 Å². The molecular weight excluding hydrogens is 271 g/mol. The zero-order valence-electron chi connectivity index (χ0n) is 11.2. The number of hydrogen-bond donors (Lipinski definition) is 1. The Kier molecular flexibility index (Phi) is 4.89. The van der Waals surface area contributed by atoms with E-state index in [0.29, 0.717) is 17.0 Å². The minimum Gasteiger partial charge on any atom is -0.489 e. The maximum absolute atomic E-state index is 13.4. The lowest BCUT2D eigenvalue weighted by atomic mass is 10.2. The van der Waals surface area contributed by atoms with Crippen molar-refractivity contribution in [2.45, 2.75) is 13.0 Å². The number of benzene rings is 2. The topological polar surface area (TPSA) is 62.1 Å². The fraction of sp³-hybridized carbons (Fsp3) is 0.125. The predicted octanol–water partition coefficient (Wildman–Crippen LogP) is 3.26. The molecule has 1 N–H and O–H groups in total. The summed E-state index contributed by atoms with van der Waals surface area (Å²) in [5.74, 6) is -0.105. The van der Waals surface area contributed by atoms with Gasteiger partial charge in [-0.15, -0.1) is 0 Å². The Labute approximate surface area is 121 Å². The molecule has 0 fully saturated rings. The molecule has 0 atom stereocenters. The van der Waals surface area contributed by atoms with Crippen molar-refractivity contribution in [1.82, 2.24) is 0 Å². The molecule has 2 aromatic rings. The molecule has 0 spiro atoms. The molecule has 2 rings (SSSR count). The first-order valence-corrected chi connectivity index (χ1v) is 6.32. The Bertz CT molecular complexity index is 663. The Morgan fingerprint density at radius 1 is 1.19 bits per heavy atom. The van der Waals surface area contributed by atoms with Crippen molar-refractivity contribution in [1.29, 1.82) is 5.26 Å². The molecule has 0 bridgehead atoms. The van der Waals surface area contributed by atoms with E-state index in [0.717, 1.165) is 0 Å². The molecule has 0 aliphatic carbocycles. The first kappa shape index (κ1) is 14.5. The Morgan fingerprint density at radius 2 is 1.90 bits per heavy atom. The van der Waals surface area contributed by atoms with Gasteiger partial charge in [-0.1, -0.05) is 18.2 Å². The SMILES string of the molecule is N#CCC(=O)Nc1ccc(OCc2ccccc2F)cc1. The van der Waals surface area contributed by atoms with Gasteiger partial charge in [-0.05, 0) is 30.3 Å². The molecule has 106 valence electrons. The van der Waals surface area contributed by atoms with Crippen molar-refractivity contribution >= 4 is 11.6 Å². The molecule has 0 saturated heterocycles. The van der Waals surface area contributed by atoms with E-state index < -0.39 is 0 Å². The van der Waals surface area contributed by atoms with Crippen molar-refractivity contribution in [2.24, 2.45) is 0 Å². The van der Waals surface area contributed by atoms with E-state index in [4.69, 9.17) is 10.00 Å². The van der Waals surface area contributed by atoms with Crippen LogP contribution in [0.15, 0.2) is 48.5 Å². The second kappa shape index (κ2) is 7.06. The van der Waals surface area contributed by atoms with E-state index in [1.165, 1.54) is 6.07 Å². The average Bonchev–Trinajstić information content (AvgIpc) is 2.48. The lowest BCUT2D eigenvalue weighted by molar-refractivity contribution is -0.115. The van der Waals surface area contributed by atoms with Gasteiger partial charge in [0.2, 0.25) is 5.91 Å². The highest BCUT2D eigenvalue weighted by molar-refractivity contribution is 5.92. The number of anilines is 1. The van der Waals surface area contributed by atoms with E-state index in [1.54, 1.807) is 48.5 Å². The quantitative estimate of drug-likeness (QED) is 0.916. The van der Waals surface area contributed by atoms with Crippen molar-refractivity contribution in [3.8, 4) is 11.8 Å². The zero-order valence-corrected chi connectivity index (χ0v) is 11.2. The molecule has 21 heavy (non-hydrogen) atoms. The van der Waals surface area contributed by atoms with E-state index in [1.807, 2.05) is 0 Å². The predicted molar refractivity (Wildman–Crippen MR) is 76.0 cm³/mol. The van der Waals surface area contributed by atoms with Gasteiger partial charge in [-0.2, -0.15) is 5.26 Å². The normalized spacial score (nSPS) is 9.71. The van der Waals surface area contributed by atoms with E-state index in [-0.39, 0.29) is 24.8 Å². The van der Waals surface area contributed by atoms with Gasteiger partial charge >= 0.3 is 0 Å². The number of hydrogen-bond acceptors (Lipinski definition) is 3. The van der Waals surface area contributed by atoms with Crippen LogP contribution in [0.3, 0.4) is 0 Å². The van der Waals surface area contributed by atoms with Crippen LogP contribution in [0.2, 0.25) is 0 Å². The van der Waals surface area contributed by atoms with E-state index >= 15 is 0 Å². The summed E-state index contributed by atoms with van der Waals surface area (Å²) >= 11 is 0. The number of nitrogens with one attached hydrogen (secondary N) is 1. The minimum atomic E-state index is -0.363. The molecule has 0 unspecified atom stereocenters. The lowest BCUT2D eigenvalue weighted by Gasteiger charge is -2.08. The number of amides is 1. The first-order chi connectivity index (χ1) is 10.2. The average molecular weight is 284 g/mol. The minimum absolute atomic E-state index is 0.132. The Morgan fingerprint density at radius 3 is 2.57 bits per heavy atom. The summed E-state index contributed by atoms with van der Waals surface area (Å²) in [7, 11) is 0. The first-order valence-electron chi connectivity index (χ1n) is 6.32. The maximum Gasteiger partial charge on any atom is 0.238 e. The third-order valence-corrected chi connectivity index (χ3v) is 2.73. The monoisotopic (exact) mass is 284 g/mol. The third-order valence-electron chi connectivity index (χ3n) is 2.73. The molecule has 0 heterocycles. The molecule has 5 heteroatoms. The maximum atomic E-state index is 13.4. The lowest BCUT2D eigenvalue weighted by Crippen LogP contribution is -2.09. The van der Waals surface area contributed by atoms with Crippen LogP contribution in [0.1, 0.15) is 12.0 Å².